The molecule has 0 aromatic carbocycles. The fourth-order valence-electron chi connectivity index (χ4n) is 3.59. The second-order valence-corrected chi connectivity index (χ2v) is 9.44. The molecule has 0 atom stereocenters. The van der Waals surface area contributed by atoms with Crippen molar-refractivity contribution in [3.05, 3.63) is 12.2 Å². The number of alkyl halides is 1. The van der Waals surface area contributed by atoms with E-state index in [0.29, 0.717) is 0 Å². The van der Waals surface area contributed by atoms with E-state index in [1.807, 2.05) is 0 Å². The molecule has 0 fully saturated rings. The molecular weight excluding hydrogens is 436 g/mol. The number of hydrogen-bond donors (Lipinski definition) is 0. The van der Waals surface area contributed by atoms with Crippen LogP contribution in [0.1, 0.15) is 136 Å². The van der Waals surface area contributed by atoms with Gasteiger partial charge in [-0.15, -0.1) is 0 Å². The summed E-state index contributed by atoms with van der Waals surface area (Å²) >= 11 is 3.48. The van der Waals surface area contributed by atoms with Gasteiger partial charge in [0, 0.05) is 18.5 Å². The molecule has 0 aliphatic heterocycles. The van der Waals surface area contributed by atoms with Crippen molar-refractivity contribution in [2.45, 2.75) is 142 Å². The van der Waals surface area contributed by atoms with Crippen molar-refractivity contribution in [3.63, 3.8) is 0 Å². The minimum atomic E-state index is 0.0192. The Bertz CT molecular complexity index is 315. The van der Waals surface area contributed by atoms with Crippen LogP contribution in [0.2, 0.25) is 0 Å². The van der Waals surface area contributed by atoms with Gasteiger partial charge in [-0.1, -0.05) is 113 Å². The van der Waals surface area contributed by atoms with Crippen LogP contribution in [0.25, 0.3) is 0 Å². The van der Waals surface area contributed by atoms with Crippen LogP contribution < -0.4 is 0 Å². The largest absolute Gasteiger partial charge is 0.353 e. The standard InChI is InChI=1S/C27H53BrO2/c1-3-5-7-9-17-21-25-29-27(30-26-22-18-10-8-6-4-2)23-19-15-13-11-12-14-16-20-24-28/h12,14,27H,3-11,13,15-26H2,1-2H3/b14-12-. The highest BCUT2D eigenvalue weighted by Gasteiger charge is 2.09. The summed E-state index contributed by atoms with van der Waals surface area (Å²) in [5, 5.41) is 1.11. The molecule has 0 rings (SSSR count). The van der Waals surface area contributed by atoms with Gasteiger partial charge in [-0.25, -0.2) is 0 Å². The smallest absolute Gasteiger partial charge is 0.157 e. The topological polar surface area (TPSA) is 18.5 Å². The zero-order valence-corrected chi connectivity index (χ0v) is 22.1. The van der Waals surface area contributed by atoms with Gasteiger partial charge < -0.3 is 9.47 Å². The average molecular weight is 490 g/mol. The van der Waals surface area contributed by atoms with Gasteiger partial charge in [-0.05, 0) is 51.4 Å². The molecule has 30 heavy (non-hydrogen) atoms. The first-order valence-electron chi connectivity index (χ1n) is 13.3. The first-order valence-corrected chi connectivity index (χ1v) is 14.4. The second kappa shape index (κ2) is 27.2. The number of rotatable bonds is 25. The van der Waals surface area contributed by atoms with E-state index in [-0.39, 0.29) is 6.29 Å². The van der Waals surface area contributed by atoms with Crippen LogP contribution in [0.3, 0.4) is 0 Å². The molecular formula is C27H53BrO2. The van der Waals surface area contributed by atoms with Crippen molar-refractivity contribution in [2.75, 3.05) is 18.5 Å². The lowest BCUT2D eigenvalue weighted by Gasteiger charge is -2.19. The van der Waals surface area contributed by atoms with E-state index >= 15 is 0 Å². The molecule has 0 unspecified atom stereocenters. The average Bonchev–Trinajstić information content (AvgIpc) is 2.76. The zero-order chi connectivity index (χ0) is 22.0. The minimum absolute atomic E-state index is 0.0192. The SMILES string of the molecule is CCCCCCCCOC(CCCCC/C=C\CCCBr)OCCCCCCCC. The van der Waals surface area contributed by atoms with Crippen LogP contribution >= 0.6 is 15.9 Å². The summed E-state index contributed by atoms with van der Waals surface area (Å²) in [6.07, 6.45) is 29.0. The lowest BCUT2D eigenvalue weighted by atomic mass is 10.1. The van der Waals surface area contributed by atoms with Crippen LogP contribution in [-0.2, 0) is 9.47 Å². The molecule has 0 bridgehead atoms. The third-order valence-electron chi connectivity index (χ3n) is 5.58. The lowest BCUT2D eigenvalue weighted by Crippen LogP contribution is -2.19. The number of hydrogen-bond acceptors (Lipinski definition) is 2. The fourth-order valence-corrected chi connectivity index (χ4v) is 3.91. The van der Waals surface area contributed by atoms with E-state index in [1.165, 1.54) is 116 Å². The van der Waals surface area contributed by atoms with E-state index in [2.05, 4.69) is 41.9 Å². The Labute approximate surface area is 198 Å². The van der Waals surface area contributed by atoms with Crippen molar-refractivity contribution in [1.29, 1.82) is 0 Å². The summed E-state index contributed by atoms with van der Waals surface area (Å²) in [5.41, 5.74) is 0. The molecule has 0 heterocycles. The summed E-state index contributed by atoms with van der Waals surface area (Å²) in [6, 6.07) is 0. The molecule has 0 saturated carbocycles. The zero-order valence-electron chi connectivity index (χ0n) is 20.5. The van der Waals surface area contributed by atoms with Gasteiger partial charge in [-0.3, -0.25) is 0 Å². The summed E-state index contributed by atoms with van der Waals surface area (Å²) in [7, 11) is 0. The van der Waals surface area contributed by atoms with Gasteiger partial charge in [0.2, 0.25) is 0 Å². The Morgan fingerprint density at radius 1 is 0.567 bits per heavy atom. The number of ether oxygens (including phenoxy) is 2. The quantitative estimate of drug-likeness (QED) is 0.0550. The lowest BCUT2D eigenvalue weighted by molar-refractivity contribution is -0.148. The molecule has 180 valence electrons. The van der Waals surface area contributed by atoms with Gasteiger partial charge >= 0.3 is 0 Å². The fraction of sp³-hybridized carbons (Fsp3) is 0.926. The van der Waals surface area contributed by atoms with Crippen LogP contribution in [0.5, 0.6) is 0 Å². The third-order valence-corrected chi connectivity index (χ3v) is 6.15. The molecule has 0 saturated heterocycles. The van der Waals surface area contributed by atoms with E-state index in [4.69, 9.17) is 9.47 Å². The highest BCUT2D eigenvalue weighted by Crippen LogP contribution is 2.13. The van der Waals surface area contributed by atoms with Gasteiger partial charge in [0.25, 0.3) is 0 Å². The molecule has 0 aliphatic rings. The van der Waals surface area contributed by atoms with Crippen LogP contribution in [-0.4, -0.2) is 24.8 Å². The van der Waals surface area contributed by atoms with Gasteiger partial charge in [0.05, 0.1) is 0 Å². The highest BCUT2D eigenvalue weighted by molar-refractivity contribution is 9.09. The first-order chi connectivity index (χ1) is 14.8. The van der Waals surface area contributed by atoms with Crippen LogP contribution in [0.4, 0.5) is 0 Å². The Morgan fingerprint density at radius 2 is 1.03 bits per heavy atom. The Kier molecular flexibility index (Phi) is 27.3. The summed E-state index contributed by atoms with van der Waals surface area (Å²) < 4.78 is 12.3. The molecule has 0 radical (unpaired) electrons. The summed E-state index contributed by atoms with van der Waals surface area (Å²) in [6.45, 7) is 6.28. The number of allylic oxidation sites excluding steroid dienone is 2. The van der Waals surface area contributed by atoms with Crippen molar-refractivity contribution in [3.8, 4) is 0 Å². The Balaban J connectivity index is 3.86. The van der Waals surface area contributed by atoms with Crippen molar-refractivity contribution >= 4 is 15.9 Å². The molecule has 0 N–H and O–H groups in total. The van der Waals surface area contributed by atoms with E-state index in [0.717, 1.165) is 25.0 Å². The highest BCUT2D eigenvalue weighted by atomic mass is 79.9. The first kappa shape index (κ1) is 30.1. The molecule has 0 aromatic heterocycles. The predicted molar refractivity (Wildman–Crippen MR) is 138 cm³/mol. The third kappa shape index (κ3) is 24.4. The van der Waals surface area contributed by atoms with Crippen LogP contribution in [0, 0.1) is 0 Å². The van der Waals surface area contributed by atoms with Gasteiger partial charge in [-0.2, -0.15) is 0 Å². The Morgan fingerprint density at radius 3 is 1.57 bits per heavy atom. The summed E-state index contributed by atoms with van der Waals surface area (Å²) in [4.78, 5) is 0. The van der Waals surface area contributed by atoms with Crippen molar-refractivity contribution in [1.82, 2.24) is 0 Å². The Hall–Kier alpha value is 0.140. The molecule has 0 aromatic rings. The number of unbranched alkanes of at least 4 members (excludes halogenated alkanes) is 14. The van der Waals surface area contributed by atoms with Gasteiger partial charge in [0.15, 0.2) is 6.29 Å². The van der Waals surface area contributed by atoms with Gasteiger partial charge in [0.1, 0.15) is 0 Å². The second-order valence-electron chi connectivity index (χ2n) is 8.65. The molecule has 0 spiro atoms. The van der Waals surface area contributed by atoms with Crippen molar-refractivity contribution < 1.29 is 9.47 Å². The van der Waals surface area contributed by atoms with E-state index in [9.17, 15) is 0 Å². The molecule has 2 nitrogen and oxygen atoms in total. The summed E-state index contributed by atoms with van der Waals surface area (Å²) in [5.74, 6) is 0. The minimum Gasteiger partial charge on any atom is -0.353 e. The predicted octanol–water partition coefficient (Wildman–Crippen LogP) is 9.75. The van der Waals surface area contributed by atoms with Crippen molar-refractivity contribution in [2.24, 2.45) is 0 Å². The number of halogens is 1. The van der Waals surface area contributed by atoms with E-state index < -0.39 is 0 Å². The normalized spacial score (nSPS) is 11.9. The maximum absolute atomic E-state index is 6.13. The van der Waals surface area contributed by atoms with Crippen LogP contribution in [0.15, 0.2) is 12.2 Å². The molecule has 3 heteroatoms. The van der Waals surface area contributed by atoms with E-state index in [1.54, 1.807) is 0 Å². The maximum Gasteiger partial charge on any atom is 0.157 e. The molecule has 0 aliphatic carbocycles. The molecule has 0 amide bonds. The monoisotopic (exact) mass is 488 g/mol. The maximum atomic E-state index is 6.13.